The van der Waals surface area contributed by atoms with E-state index in [0.29, 0.717) is 0 Å². The number of aliphatic hydroxyl groups is 1. The van der Waals surface area contributed by atoms with Crippen LogP contribution in [0.5, 0.6) is 0 Å². The predicted molar refractivity (Wildman–Crippen MR) is 96.0 cm³/mol. The zero-order valence-corrected chi connectivity index (χ0v) is 14.2. The van der Waals surface area contributed by atoms with Crippen molar-refractivity contribution in [3.05, 3.63) is 64.7 Å². The molecule has 0 aliphatic carbocycles. The highest BCUT2D eigenvalue weighted by Crippen LogP contribution is 2.22. The van der Waals surface area contributed by atoms with E-state index in [1.165, 1.54) is 11.3 Å². The van der Waals surface area contributed by atoms with Gasteiger partial charge in [-0.25, -0.2) is 0 Å². The number of anilines is 1. The van der Waals surface area contributed by atoms with Gasteiger partial charge in [-0.1, -0.05) is 41.9 Å². The molecule has 0 amide bonds. The molecule has 2 aromatic rings. The van der Waals surface area contributed by atoms with Crippen molar-refractivity contribution in [3.8, 4) is 0 Å². The molecule has 0 spiro atoms. The average molecular weight is 331 g/mol. The van der Waals surface area contributed by atoms with Crippen molar-refractivity contribution in [2.75, 3.05) is 31.1 Å². The first-order valence-corrected chi connectivity index (χ1v) is 8.50. The number of halogens is 1. The molecule has 0 bridgehead atoms. The van der Waals surface area contributed by atoms with E-state index < -0.39 is 6.10 Å². The molecule has 0 radical (unpaired) electrons. The van der Waals surface area contributed by atoms with E-state index >= 15 is 0 Å². The van der Waals surface area contributed by atoms with E-state index in [1.54, 1.807) is 6.92 Å². The third-order valence-electron chi connectivity index (χ3n) is 4.46. The molecule has 0 aromatic heterocycles. The van der Waals surface area contributed by atoms with Crippen molar-refractivity contribution in [1.29, 1.82) is 0 Å². The van der Waals surface area contributed by atoms with Gasteiger partial charge in [0.1, 0.15) is 0 Å². The molecule has 122 valence electrons. The minimum absolute atomic E-state index is 0.406. The van der Waals surface area contributed by atoms with Crippen LogP contribution in [-0.4, -0.2) is 36.2 Å². The van der Waals surface area contributed by atoms with Crippen LogP contribution in [0, 0.1) is 0 Å². The Hall–Kier alpha value is -1.55. The summed E-state index contributed by atoms with van der Waals surface area (Å²) in [5.74, 6) is 0. The van der Waals surface area contributed by atoms with E-state index in [0.717, 1.165) is 43.3 Å². The second-order valence-corrected chi connectivity index (χ2v) is 6.53. The second kappa shape index (κ2) is 7.35. The van der Waals surface area contributed by atoms with Crippen LogP contribution in [0.25, 0.3) is 0 Å². The number of nitrogens with zero attached hydrogens (tertiary/aromatic N) is 2. The normalized spacial score (nSPS) is 17.3. The van der Waals surface area contributed by atoms with E-state index in [2.05, 4.69) is 28.0 Å². The van der Waals surface area contributed by atoms with Gasteiger partial charge in [-0.15, -0.1) is 0 Å². The van der Waals surface area contributed by atoms with Gasteiger partial charge in [0.25, 0.3) is 0 Å². The maximum Gasteiger partial charge on any atom is 0.0761 e. The number of benzene rings is 2. The van der Waals surface area contributed by atoms with Crippen molar-refractivity contribution in [1.82, 2.24) is 4.90 Å². The van der Waals surface area contributed by atoms with Gasteiger partial charge in [0.2, 0.25) is 0 Å². The Kier molecular flexibility index (Phi) is 5.21. The maximum atomic E-state index is 9.59. The summed E-state index contributed by atoms with van der Waals surface area (Å²) in [4.78, 5) is 4.84. The first kappa shape index (κ1) is 16.3. The Morgan fingerprint density at radius 2 is 1.65 bits per heavy atom. The summed E-state index contributed by atoms with van der Waals surface area (Å²) in [6.45, 7) is 6.79. The zero-order valence-electron chi connectivity index (χ0n) is 13.5. The lowest BCUT2D eigenvalue weighted by molar-refractivity contribution is 0.199. The van der Waals surface area contributed by atoms with Crippen molar-refractivity contribution in [3.63, 3.8) is 0 Å². The topological polar surface area (TPSA) is 26.7 Å². The van der Waals surface area contributed by atoms with Gasteiger partial charge in [0.15, 0.2) is 0 Å². The quantitative estimate of drug-likeness (QED) is 0.925. The van der Waals surface area contributed by atoms with Gasteiger partial charge in [0, 0.05) is 43.4 Å². The van der Waals surface area contributed by atoms with Crippen LogP contribution in [-0.2, 0) is 6.54 Å². The van der Waals surface area contributed by atoms with Crippen molar-refractivity contribution < 1.29 is 5.11 Å². The summed E-state index contributed by atoms with van der Waals surface area (Å²) < 4.78 is 0. The molecule has 0 saturated carbocycles. The number of hydrogen-bond acceptors (Lipinski definition) is 3. The van der Waals surface area contributed by atoms with Crippen LogP contribution >= 0.6 is 11.6 Å². The summed E-state index contributed by atoms with van der Waals surface area (Å²) in [5.41, 5.74) is 3.39. The molecule has 1 fully saturated rings. The summed E-state index contributed by atoms with van der Waals surface area (Å²) in [6.07, 6.45) is -0.406. The molecular weight excluding hydrogens is 308 g/mol. The summed E-state index contributed by atoms with van der Waals surface area (Å²) in [6, 6.07) is 16.3. The minimum atomic E-state index is -0.406. The Bertz CT molecular complexity index is 634. The van der Waals surface area contributed by atoms with Gasteiger partial charge < -0.3 is 10.0 Å². The molecule has 3 nitrogen and oxygen atoms in total. The number of aliphatic hydroxyl groups excluding tert-OH is 1. The highest BCUT2D eigenvalue weighted by molar-refractivity contribution is 6.31. The molecule has 1 aliphatic rings. The molecule has 4 heteroatoms. The molecule has 1 unspecified atom stereocenters. The lowest BCUT2D eigenvalue weighted by Crippen LogP contribution is -2.46. The van der Waals surface area contributed by atoms with Crippen LogP contribution in [0.1, 0.15) is 24.2 Å². The monoisotopic (exact) mass is 330 g/mol. The fourth-order valence-corrected chi connectivity index (χ4v) is 3.19. The molecule has 1 heterocycles. The van der Waals surface area contributed by atoms with Crippen molar-refractivity contribution >= 4 is 17.3 Å². The Balaban J connectivity index is 1.57. The predicted octanol–water partition coefficient (Wildman–Crippen LogP) is 3.72. The third kappa shape index (κ3) is 4.05. The first-order chi connectivity index (χ1) is 11.1. The standard InChI is InChI=1S/C19H23ClN2O/c1-15(23)16-6-8-18(9-7-16)22-12-10-21(11-13-22)14-17-4-2-3-5-19(17)20/h2-9,15,23H,10-14H2,1H3. The van der Waals surface area contributed by atoms with Gasteiger partial charge in [-0.2, -0.15) is 0 Å². The van der Waals surface area contributed by atoms with E-state index in [1.807, 2.05) is 30.3 Å². The molecule has 1 atom stereocenters. The second-order valence-electron chi connectivity index (χ2n) is 6.12. The van der Waals surface area contributed by atoms with Crippen LogP contribution in [0.2, 0.25) is 5.02 Å². The van der Waals surface area contributed by atoms with Crippen LogP contribution in [0.3, 0.4) is 0 Å². The van der Waals surface area contributed by atoms with Crippen LogP contribution in [0.4, 0.5) is 5.69 Å². The number of rotatable bonds is 4. The van der Waals surface area contributed by atoms with E-state index in [-0.39, 0.29) is 0 Å². The maximum absolute atomic E-state index is 9.59. The number of hydrogen-bond donors (Lipinski definition) is 1. The van der Waals surface area contributed by atoms with Crippen molar-refractivity contribution in [2.24, 2.45) is 0 Å². The van der Waals surface area contributed by atoms with Gasteiger partial charge in [-0.3, -0.25) is 4.90 Å². The van der Waals surface area contributed by atoms with Gasteiger partial charge >= 0.3 is 0 Å². The summed E-state index contributed by atoms with van der Waals surface area (Å²) in [7, 11) is 0. The molecular formula is C19H23ClN2O. The lowest BCUT2D eigenvalue weighted by atomic mass is 10.1. The first-order valence-electron chi connectivity index (χ1n) is 8.12. The number of piperazine rings is 1. The third-order valence-corrected chi connectivity index (χ3v) is 4.83. The van der Waals surface area contributed by atoms with E-state index in [4.69, 9.17) is 11.6 Å². The van der Waals surface area contributed by atoms with E-state index in [9.17, 15) is 5.11 Å². The summed E-state index contributed by atoms with van der Waals surface area (Å²) >= 11 is 6.25. The average Bonchev–Trinajstić information content (AvgIpc) is 2.58. The molecule has 1 N–H and O–H groups in total. The SMILES string of the molecule is CC(O)c1ccc(N2CCN(Cc3ccccc3Cl)CC2)cc1. The zero-order chi connectivity index (χ0) is 16.2. The largest absolute Gasteiger partial charge is 0.389 e. The fraction of sp³-hybridized carbons (Fsp3) is 0.368. The highest BCUT2D eigenvalue weighted by Gasteiger charge is 2.18. The van der Waals surface area contributed by atoms with Gasteiger partial charge in [0.05, 0.1) is 6.10 Å². The summed E-state index contributed by atoms with van der Waals surface area (Å²) in [5, 5.41) is 10.4. The molecule has 2 aromatic carbocycles. The Morgan fingerprint density at radius 1 is 1.00 bits per heavy atom. The Morgan fingerprint density at radius 3 is 2.26 bits per heavy atom. The van der Waals surface area contributed by atoms with Crippen LogP contribution in [0.15, 0.2) is 48.5 Å². The van der Waals surface area contributed by atoms with Crippen LogP contribution < -0.4 is 4.90 Å². The Labute approximate surface area is 143 Å². The van der Waals surface area contributed by atoms with Gasteiger partial charge in [-0.05, 0) is 36.2 Å². The smallest absolute Gasteiger partial charge is 0.0761 e. The lowest BCUT2D eigenvalue weighted by Gasteiger charge is -2.36. The highest BCUT2D eigenvalue weighted by atomic mass is 35.5. The molecule has 1 aliphatic heterocycles. The molecule has 3 rings (SSSR count). The molecule has 23 heavy (non-hydrogen) atoms. The fourth-order valence-electron chi connectivity index (χ4n) is 3.00. The van der Waals surface area contributed by atoms with Crippen molar-refractivity contribution in [2.45, 2.75) is 19.6 Å². The molecule has 1 saturated heterocycles. The minimum Gasteiger partial charge on any atom is -0.389 e.